The maximum Gasteiger partial charge on any atom is 0.0998 e. The monoisotopic (exact) mass is 276 g/mol. The molecular weight excluding hydrogens is 248 g/mol. The van der Waals surface area contributed by atoms with Crippen molar-refractivity contribution in [2.24, 2.45) is 0 Å². The zero-order chi connectivity index (χ0) is 15.3. The van der Waals surface area contributed by atoms with Gasteiger partial charge in [-0.05, 0) is 65.2 Å². The Balaban J connectivity index is 2.39. The molecule has 2 nitrogen and oxygen atoms in total. The van der Waals surface area contributed by atoms with Gasteiger partial charge in [-0.2, -0.15) is 0 Å². The summed E-state index contributed by atoms with van der Waals surface area (Å²) in [7, 11) is 0. The quantitative estimate of drug-likeness (QED) is 0.888. The van der Waals surface area contributed by atoms with Crippen molar-refractivity contribution in [3.8, 4) is 0 Å². The number of hydrogen-bond donors (Lipinski definition) is 1. The second-order valence-corrected chi connectivity index (χ2v) is 7.63. The van der Waals surface area contributed by atoms with Gasteiger partial charge >= 0.3 is 0 Å². The van der Waals surface area contributed by atoms with Gasteiger partial charge in [0, 0.05) is 12.8 Å². The molecule has 1 aliphatic rings. The largest absolute Gasteiger partial charge is 0.386 e. The number of aryl methyl sites for hydroxylation is 3. The fourth-order valence-electron chi connectivity index (χ4n) is 3.80. The molecule has 0 bridgehead atoms. The predicted molar refractivity (Wildman–Crippen MR) is 83.2 cm³/mol. The summed E-state index contributed by atoms with van der Waals surface area (Å²) < 4.78 is 6.08. The van der Waals surface area contributed by atoms with E-state index in [9.17, 15) is 5.11 Å². The van der Waals surface area contributed by atoms with Crippen molar-refractivity contribution in [2.75, 3.05) is 0 Å². The second-order valence-electron chi connectivity index (χ2n) is 7.63. The smallest absolute Gasteiger partial charge is 0.0998 e. The molecule has 1 aliphatic heterocycles. The highest BCUT2D eigenvalue weighted by Crippen LogP contribution is 2.47. The highest BCUT2D eigenvalue weighted by molar-refractivity contribution is 5.39. The van der Waals surface area contributed by atoms with Gasteiger partial charge in [0.1, 0.15) is 0 Å². The zero-order valence-electron chi connectivity index (χ0n) is 13.9. The van der Waals surface area contributed by atoms with Crippen molar-refractivity contribution >= 4 is 0 Å². The number of benzene rings is 1. The van der Waals surface area contributed by atoms with Gasteiger partial charge in [-0.15, -0.1) is 0 Å². The molecule has 0 amide bonds. The van der Waals surface area contributed by atoms with Crippen molar-refractivity contribution < 1.29 is 9.84 Å². The number of hydrogen-bond acceptors (Lipinski definition) is 2. The third-order valence-corrected chi connectivity index (χ3v) is 4.68. The molecule has 1 fully saturated rings. The van der Waals surface area contributed by atoms with Crippen LogP contribution in [0, 0.1) is 20.8 Å². The molecule has 1 saturated heterocycles. The summed E-state index contributed by atoms with van der Waals surface area (Å²) in [5, 5.41) is 11.2. The first-order valence-corrected chi connectivity index (χ1v) is 7.45. The summed E-state index contributed by atoms with van der Waals surface area (Å²) in [6, 6.07) is 4.39. The molecule has 0 saturated carbocycles. The standard InChI is InChI=1S/C18H28O2/c1-12-8-13(2)15(14(3)9-12)10-18(19)11-16(4,5)20-17(18,6)7/h8-9,19H,10-11H2,1-7H3. The van der Waals surface area contributed by atoms with Crippen molar-refractivity contribution in [3.63, 3.8) is 0 Å². The Labute approximate surface area is 123 Å². The summed E-state index contributed by atoms with van der Waals surface area (Å²) in [5.74, 6) is 0. The highest BCUT2D eigenvalue weighted by atomic mass is 16.5. The van der Waals surface area contributed by atoms with E-state index < -0.39 is 11.2 Å². The molecule has 1 heterocycles. The van der Waals surface area contributed by atoms with Crippen LogP contribution in [-0.2, 0) is 11.2 Å². The Morgan fingerprint density at radius 3 is 1.95 bits per heavy atom. The molecule has 112 valence electrons. The van der Waals surface area contributed by atoms with Gasteiger partial charge in [0.05, 0.1) is 16.8 Å². The van der Waals surface area contributed by atoms with E-state index in [0.717, 1.165) is 0 Å². The Bertz CT molecular complexity index is 505. The van der Waals surface area contributed by atoms with E-state index >= 15 is 0 Å². The van der Waals surface area contributed by atoms with Crippen LogP contribution in [0.15, 0.2) is 12.1 Å². The minimum Gasteiger partial charge on any atom is -0.386 e. The van der Waals surface area contributed by atoms with E-state index in [1.165, 1.54) is 22.3 Å². The fourth-order valence-corrected chi connectivity index (χ4v) is 3.80. The van der Waals surface area contributed by atoms with Gasteiger partial charge in [-0.25, -0.2) is 0 Å². The Morgan fingerprint density at radius 1 is 1.05 bits per heavy atom. The molecule has 0 radical (unpaired) electrons. The maximum atomic E-state index is 11.2. The molecule has 1 N–H and O–H groups in total. The molecule has 2 rings (SSSR count). The molecule has 0 aliphatic carbocycles. The fraction of sp³-hybridized carbons (Fsp3) is 0.667. The average molecular weight is 276 g/mol. The Hall–Kier alpha value is -0.860. The molecule has 1 aromatic carbocycles. The van der Waals surface area contributed by atoms with Crippen LogP contribution in [0.2, 0.25) is 0 Å². The van der Waals surface area contributed by atoms with Crippen molar-refractivity contribution in [2.45, 2.75) is 78.1 Å². The van der Waals surface area contributed by atoms with Crippen LogP contribution in [0.5, 0.6) is 0 Å². The van der Waals surface area contributed by atoms with Crippen LogP contribution in [0.4, 0.5) is 0 Å². The number of aliphatic hydroxyl groups is 1. The third kappa shape index (κ3) is 2.64. The topological polar surface area (TPSA) is 29.5 Å². The van der Waals surface area contributed by atoms with E-state index in [0.29, 0.717) is 12.8 Å². The average Bonchev–Trinajstić information content (AvgIpc) is 2.36. The normalized spacial score (nSPS) is 27.8. The maximum absolute atomic E-state index is 11.2. The molecule has 1 aromatic rings. The lowest BCUT2D eigenvalue weighted by Gasteiger charge is -2.36. The van der Waals surface area contributed by atoms with Gasteiger partial charge in [0.2, 0.25) is 0 Å². The highest BCUT2D eigenvalue weighted by Gasteiger charge is 2.56. The Morgan fingerprint density at radius 2 is 1.55 bits per heavy atom. The lowest BCUT2D eigenvalue weighted by Crippen LogP contribution is -2.48. The summed E-state index contributed by atoms with van der Waals surface area (Å²) >= 11 is 0. The van der Waals surface area contributed by atoms with Crippen LogP contribution in [0.25, 0.3) is 0 Å². The number of rotatable bonds is 2. The van der Waals surface area contributed by atoms with Gasteiger partial charge in [-0.1, -0.05) is 17.7 Å². The summed E-state index contributed by atoms with van der Waals surface area (Å²) in [5.41, 5.74) is 3.44. The molecule has 1 atom stereocenters. The Kier molecular flexibility index (Phi) is 3.55. The number of ether oxygens (including phenoxy) is 1. The SMILES string of the molecule is Cc1cc(C)c(CC2(O)CC(C)(C)OC2(C)C)c(C)c1. The first kappa shape index (κ1) is 15.5. The lowest BCUT2D eigenvalue weighted by molar-refractivity contribution is -0.125. The molecular formula is C18H28O2. The summed E-state index contributed by atoms with van der Waals surface area (Å²) in [6.07, 6.45) is 1.32. The van der Waals surface area contributed by atoms with Crippen molar-refractivity contribution in [3.05, 3.63) is 34.4 Å². The third-order valence-electron chi connectivity index (χ3n) is 4.68. The zero-order valence-corrected chi connectivity index (χ0v) is 13.9. The van der Waals surface area contributed by atoms with Crippen molar-refractivity contribution in [1.29, 1.82) is 0 Å². The molecule has 20 heavy (non-hydrogen) atoms. The summed E-state index contributed by atoms with van der Waals surface area (Å²) in [4.78, 5) is 0. The molecule has 0 spiro atoms. The second kappa shape index (κ2) is 4.57. The van der Waals surface area contributed by atoms with E-state index in [1.807, 2.05) is 13.8 Å². The molecule has 1 unspecified atom stereocenters. The van der Waals surface area contributed by atoms with Crippen molar-refractivity contribution in [1.82, 2.24) is 0 Å². The first-order chi connectivity index (χ1) is 8.96. The van der Waals surface area contributed by atoms with Gasteiger partial charge < -0.3 is 9.84 Å². The molecule has 2 heteroatoms. The lowest BCUT2D eigenvalue weighted by atomic mass is 9.76. The van der Waals surface area contributed by atoms with Crippen LogP contribution < -0.4 is 0 Å². The van der Waals surface area contributed by atoms with Crippen LogP contribution in [0.3, 0.4) is 0 Å². The minimum absolute atomic E-state index is 0.273. The first-order valence-electron chi connectivity index (χ1n) is 7.45. The van der Waals surface area contributed by atoms with Crippen LogP contribution >= 0.6 is 0 Å². The van der Waals surface area contributed by atoms with Gasteiger partial charge in [0.25, 0.3) is 0 Å². The van der Waals surface area contributed by atoms with E-state index in [4.69, 9.17) is 4.74 Å². The van der Waals surface area contributed by atoms with E-state index in [-0.39, 0.29) is 5.60 Å². The summed E-state index contributed by atoms with van der Waals surface area (Å²) in [6.45, 7) is 14.5. The van der Waals surface area contributed by atoms with E-state index in [2.05, 4.69) is 46.8 Å². The predicted octanol–water partition coefficient (Wildman–Crippen LogP) is 3.86. The van der Waals surface area contributed by atoms with Gasteiger partial charge in [-0.3, -0.25) is 0 Å². The minimum atomic E-state index is -0.818. The van der Waals surface area contributed by atoms with Crippen LogP contribution in [-0.4, -0.2) is 21.9 Å². The van der Waals surface area contributed by atoms with E-state index in [1.54, 1.807) is 0 Å². The molecule has 0 aromatic heterocycles. The van der Waals surface area contributed by atoms with Gasteiger partial charge in [0.15, 0.2) is 0 Å². The van der Waals surface area contributed by atoms with Crippen LogP contribution in [0.1, 0.15) is 56.4 Å².